The molecule has 1 fully saturated rings. The number of fused-ring (bicyclic) bond motifs is 1. The Kier molecular flexibility index (Phi) is 5.36. The fourth-order valence-electron chi connectivity index (χ4n) is 2.85. The van der Waals surface area contributed by atoms with Crippen LogP contribution in [0.5, 0.6) is 0 Å². The van der Waals surface area contributed by atoms with Crippen molar-refractivity contribution in [2.75, 3.05) is 6.61 Å². The van der Waals surface area contributed by atoms with E-state index in [0.717, 1.165) is 0 Å². The van der Waals surface area contributed by atoms with Crippen molar-refractivity contribution in [3.05, 3.63) is 69.1 Å². The molecule has 8 heteroatoms. The molecule has 3 heterocycles. The number of aliphatic hydroxyl groups is 2. The second-order valence-electron chi connectivity index (χ2n) is 6.16. The summed E-state index contributed by atoms with van der Waals surface area (Å²) in [7, 11) is 0. The van der Waals surface area contributed by atoms with Crippen LogP contribution in [-0.2, 0) is 4.74 Å². The van der Waals surface area contributed by atoms with Gasteiger partial charge in [0.25, 0.3) is 5.56 Å². The second-order valence-corrected chi connectivity index (χ2v) is 6.16. The minimum atomic E-state index is -0.816. The molecule has 26 heavy (non-hydrogen) atoms. The first-order valence-corrected chi connectivity index (χ1v) is 8.28. The number of nitrogens with one attached hydrogen (secondary N) is 2. The van der Waals surface area contributed by atoms with Crippen LogP contribution in [0.25, 0.3) is 10.9 Å². The normalized spacial score (nSPS) is 22.2. The third-order valence-corrected chi connectivity index (χ3v) is 4.30. The van der Waals surface area contributed by atoms with Crippen molar-refractivity contribution < 1.29 is 14.9 Å². The number of aliphatic hydroxyl groups excluding tert-OH is 2. The first-order chi connectivity index (χ1) is 12.5. The zero-order valence-corrected chi connectivity index (χ0v) is 14.3. The summed E-state index contributed by atoms with van der Waals surface area (Å²) < 4.78 is 6.54. The summed E-state index contributed by atoms with van der Waals surface area (Å²) in [6.07, 6.45) is 1.37. The van der Waals surface area contributed by atoms with Crippen molar-refractivity contribution in [2.24, 2.45) is 0 Å². The Balaban J connectivity index is 0.000000181. The zero-order valence-electron chi connectivity index (χ0n) is 14.3. The predicted molar refractivity (Wildman–Crippen MR) is 96.0 cm³/mol. The van der Waals surface area contributed by atoms with Gasteiger partial charge in [-0.2, -0.15) is 0 Å². The van der Waals surface area contributed by atoms with Crippen molar-refractivity contribution in [1.82, 2.24) is 14.5 Å². The third-order valence-electron chi connectivity index (χ3n) is 4.30. The Hall–Kier alpha value is -2.68. The van der Waals surface area contributed by atoms with Gasteiger partial charge in [0, 0.05) is 29.9 Å². The number of rotatable bonds is 2. The maximum absolute atomic E-state index is 11.6. The highest BCUT2D eigenvalue weighted by Crippen LogP contribution is 2.27. The molecule has 1 aliphatic rings. The molecular formula is C18H21N3O5. The summed E-state index contributed by atoms with van der Waals surface area (Å²) in [5, 5.41) is 19.8. The minimum Gasteiger partial charge on any atom is -0.394 e. The first kappa shape index (κ1) is 18.1. The van der Waals surface area contributed by atoms with Gasteiger partial charge in [-0.15, -0.1) is 0 Å². The number of hydrogen-bond donors (Lipinski definition) is 4. The van der Waals surface area contributed by atoms with Crippen LogP contribution in [0.15, 0.2) is 52.3 Å². The predicted octanol–water partition coefficient (Wildman–Crippen LogP) is 0.654. The van der Waals surface area contributed by atoms with E-state index in [2.05, 4.69) is 28.2 Å². The molecular weight excluding hydrogens is 338 g/mol. The average molecular weight is 359 g/mol. The van der Waals surface area contributed by atoms with E-state index >= 15 is 0 Å². The molecule has 0 aliphatic carbocycles. The Bertz CT molecular complexity index is 960. The van der Waals surface area contributed by atoms with Crippen LogP contribution in [0.3, 0.4) is 0 Å². The van der Waals surface area contributed by atoms with Crippen molar-refractivity contribution in [2.45, 2.75) is 31.8 Å². The molecule has 4 N–H and O–H groups in total. The molecule has 1 saturated heterocycles. The van der Waals surface area contributed by atoms with Gasteiger partial charge in [-0.05, 0) is 24.4 Å². The quantitative estimate of drug-likeness (QED) is 0.536. The molecule has 8 nitrogen and oxygen atoms in total. The van der Waals surface area contributed by atoms with E-state index in [1.165, 1.54) is 21.7 Å². The van der Waals surface area contributed by atoms with Gasteiger partial charge in [0.2, 0.25) is 0 Å². The van der Waals surface area contributed by atoms with Gasteiger partial charge in [0.1, 0.15) is 12.3 Å². The monoisotopic (exact) mass is 359 g/mol. The van der Waals surface area contributed by atoms with Crippen LogP contribution >= 0.6 is 0 Å². The lowest BCUT2D eigenvalue weighted by molar-refractivity contribution is -0.0459. The molecule has 0 unspecified atom stereocenters. The summed E-state index contributed by atoms with van der Waals surface area (Å²) in [5.41, 5.74) is 0.563. The Morgan fingerprint density at radius 2 is 2.04 bits per heavy atom. The van der Waals surface area contributed by atoms with E-state index in [4.69, 9.17) is 9.84 Å². The van der Waals surface area contributed by atoms with E-state index in [-0.39, 0.29) is 13.0 Å². The lowest BCUT2D eigenvalue weighted by Crippen LogP contribution is -2.33. The highest BCUT2D eigenvalue weighted by atomic mass is 16.5. The van der Waals surface area contributed by atoms with Crippen LogP contribution in [0.1, 0.15) is 18.2 Å². The smallest absolute Gasteiger partial charge is 0.330 e. The number of hydrogen-bond acceptors (Lipinski definition) is 5. The van der Waals surface area contributed by atoms with Gasteiger partial charge in [-0.25, -0.2) is 4.79 Å². The number of para-hydroxylation sites is 1. The van der Waals surface area contributed by atoms with Crippen LogP contribution in [0.2, 0.25) is 0 Å². The van der Waals surface area contributed by atoms with Gasteiger partial charge < -0.3 is 19.9 Å². The number of benzene rings is 1. The minimum absolute atomic E-state index is 0.205. The van der Waals surface area contributed by atoms with Crippen molar-refractivity contribution in [1.29, 1.82) is 0 Å². The van der Waals surface area contributed by atoms with Crippen molar-refractivity contribution in [3.63, 3.8) is 0 Å². The van der Waals surface area contributed by atoms with E-state index in [1.807, 2.05) is 18.3 Å². The summed E-state index contributed by atoms with van der Waals surface area (Å²) >= 11 is 0. The lowest BCUT2D eigenvalue weighted by atomic mass is 10.2. The first-order valence-electron chi connectivity index (χ1n) is 8.28. The van der Waals surface area contributed by atoms with Gasteiger partial charge >= 0.3 is 5.69 Å². The fourth-order valence-corrected chi connectivity index (χ4v) is 2.85. The molecule has 0 bridgehead atoms. The number of ether oxygens (including phenoxy) is 1. The van der Waals surface area contributed by atoms with Crippen molar-refractivity contribution >= 4 is 10.9 Å². The standard InChI is InChI=1S/C10H14N2O5.C8H7N/c1-5-3-12(10(16)11-9(5)15)8-2-6(14)7(4-13)17-8;1-2-4-8-7(3-1)5-6-9-8/h3,6-8,13-14H,2,4H2,1H3,(H,11,15,16);1-6,9H/t6-,7+,8+;/m0./s1. The van der Waals surface area contributed by atoms with Crippen molar-refractivity contribution in [3.8, 4) is 0 Å². The topological polar surface area (TPSA) is 120 Å². The third kappa shape index (κ3) is 3.77. The molecule has 3 atom stereocenters. The molecule has 0 amide bonds. The molecule has 1 aliphatic heterocycles. The van der Waals surface area contributed by atoms with E-state index < -0.39 is 29.7 Å². The molecule has 138 valence electrons. The summed E-state index contributed by atoms with van der Waals surface area (Å²) in [5.74, 6) is 0. The van der Waals surface area contributed by atoms with Crippen LogP contribution < -0.4 is 11.2 Å². The summed E-state index contributed by atoms with van der Waals surface area (Å²) in [6, 6.07) is 10.3. The SMILES string of the molecule is Cc1cn([C@H]2C[C@H](O)[C@@H](CO)O2)c(=O)[nH]c1=O.c1ccc2[nH]ccc2c1. The molecule has 3 aromatic rings. The molecule has 2 aromatic heterocycles. The number of nitrogens with zero attached hydrogens (tertiary/aromatic N) is 1. The number of aromatic nitrogens is 3. The Labute approximate surface area is 148 Å². The summed E-state index contributed by atoms with van der Waals surface area (Å²) in [6.45, 7) is 1.26. The van der Waals surface area contributed by atoms with E-state index in [9.17, 15) is 14.7 Å². The Morgan fingerprint density at radius 3 is 2.73 bits per heavy atom. The average Bonchev–Trinajstić information content (AvgIpc) is 3.24. The molecule has 4 rings (SSSR count). The maximum atomic E-state index is 11.6. The fraction of sp³-hybridized carbons (Fsp3) is 0.333. The number of aromatic amines is 2. The zero-order chi connectivity index (χ0) is 18.7. The highest BCUT2D eigenvalue weighted by Gasteiger charge is 2.34. The number of H-pyrrole nitrogens is 2. The lowest BCUT2D eigenvalue weighted by Gasteiger charge is -2.14. The molecule has 0 spiro atoms. The molecule has 0 radical (unpaired) electrons. The Morgan fingerprint density at radius 1 is 1.27 bits per heavy atom. The van der Waals surface area contributed by atoms with Gasteiger partial charge in [0.15, 0.2) is 0 Å². The van der Waals surface area contributed by atoms with Gasteiger partial charge in [-0.1, -0.05) is 18.2 Å². The highest BCUT2D eigenvalue weighted by molar-refractivity contribution is 5.78. The molecule has 0 saturated carbocycles. The molecule has 1 aromatic carbocycles. The maximum Gasteiger partial charge on any atom is 0.330 e. The van der Waals surface area contributed by atoms with E-state index in [1.54, 1.807) is 6.92 Å². The van der Waals surface area contributed by atoms with Gasteiger partial charge in [0.05, 0.1) is 12.7 Å². The summed E-state index contributed by atoms with van der Waals surface area (Å²) in [4.78, 5) is 28.0. The van der Waals surface area contributed by atoms with Crippen LogP contribution in [0.4, 0.5) is 0 Å². The largest absolute Gasteiger partial charge is 0.394 e. The number of aryl methyl sites for hydroxylation is 1. The second kappa shape index (κ2) is 7.69. The van der Waals surface area contributed by atoms with Gasteiger partial charge in [-0.3, -0.25) is 14.3 Å². The van der Waals surface area contributed by atoms with E-state index in [0.29, 0.717) is 5.56 Å². The van der Waals surface area contributed by atoms with Crippen LogP contribution in [-0.4, -0.2) is 43.6 Å². The van der Waals surface area contributed by atoms with Crippen LogP contribution in [0, 0.1) is 6.92 Å².